The maximum atomic E-state index is 11.9. The lowest BCUT2D eigenvalue weighted by atomic mass is 9.97. The third-order valence-corrected chi connectivity index (χ3v) is 3.68. The van der Waals surface area contributed by atoms with Gasteiger partial charge in [-0.05, 0) is 29.5 Å². The first-order valence-corrected chi connectivity index (χ1v) is 7.40. The van der Waals surface area contributed by atoms with Crippen LogP contribution in [0.2, 0.25) is 0 Å². The van der Waals surface area contributed by atoms with Crippen LogP contribution < -0.4 is 5.32 Å². The quantitative estimate of drug-likeness (QED) is 0.817. The van der Waals surface area contributed by atoms with Gasteiger partial charge in [0.1, 0.15) is 12.1 Å². The van der Waals surface area contributed by atoms with Crippen LogP contribution in [0.15, 0.2) is 36.4 Å². The third-order valence-electron chi connectivity index (χ3n) is 3.68. The summed E-state index contributed by atoms with van der Waals surface area (Å²) in [6, 6.07) is 7.07. The van der Waals surface area contributed by atoms with Gasteiger partial charge in [0.15, 0.2) is 0 Å². The molecule has 1 amide bonds. The molecule has 2 N–H and O–H groups in total. The van der Waals surface area contributed by atoms with E-state index in [0.29, 0.717) is 6.61 Å². The minimum absolute atomic E-state index is 0.179. The second-order valence-corrected chi connectivity index (χ2v) is 5.67. The summed E-state index contributed by atoms with van der Waals surface area (Å²) in [5.74, 6) is -1.63. The first-order valence-electron chi connectivity index (χ1n) is 7.40. The molecule has 0 bridgehead atoms. The van der Waals surface area contributed by atoms with Gasteiger partial charge in [-0.3, -0.25) is 4.79 Å². The fourth-order valence-electron chi connectivity index (χ4n) is 2.47. The maximum absolute atomic E-state index is 11.9. The van der Waals surface area contributed by atoms with Crippen LogP contribution in [-0.2, 0) is 20.7 Å². The lowest BCUT2D eigenvalue weighted by Gasteiger charge is -2.23. The summed E-state index contributed by atoms with van der Waals surface area (Å²) in [5.41, 5.74) is 2.27. The van der Waals surface area contributed by atoms with Crippen molar-refractivity contribution in [3.8, 4) is 0 Å². The van der Waals surface area contributed by atoms with Gasteiger partial charge < -0.3 is 15.2 Å². The molecule has 118 valence electrons. The van der Waals surface area contributed by atoms with Crippen molar-refractivity contribution >= 4 is 11.9 Å². The minimum atomic E-state index is -1.03. The van der Waals surface area contributed by atoms with Gasteiger partial charge in [0.2, 0.25) is 5.91 Å². The highest BCUT2D eigenvalue weighted by molar-refractivity contribution is 5.91. The number of fused-ring (bicyclic) bond motifs is 1. The van der Waals surface area contributed by atoms with E-state index >= 15 is 0 Å². The number of benzene rings is 1. The Labute approximate surface area is 130 Å². The van der Waals surface area contributed by atoms with E-state index in [0.717, 1.165) is 12.0 Å². The molecule has 0 aliphatic carbocycles. The number of ether oxygens (including phenoxy) is 1. The molecule has 0 saturated heterocycles. The molecule has 1 aromatic rings. The topological polar surface area (TPSA) is 75.6 Å². The van der Waals surface area contributed by atoms with E-state index in [1.807, 2.05) is 18.2 Å². The summed E-state index contributed by atoms with van der Waals surface area (Å²) in [4.78, 5) is 23.0. The molecule has 2 atom stereocenters. The molecular formula is C17H21NO4. The van der Waals surface area contributed by atoms with Crippen LogP contribution in [0.4, 0.5) is 0 Å². The van der Waals surface area contributed by atoms with E-state index in [1.165, 1.54) is 11.6 Å². The lowest BCUT2D eigenvalue weighted by Crippen LogP contribution is -2.43. The Hall–Kier alpha value is -2.14. The number of rotatable bonds is 5. The van der Waals surface area contributed by atoms with Crippen molar-refractivity contribution in [1.82, 2.24) is 5.32 Å². The Kier molecular flexibility index (Phi) is 5.33. The summed E-state index contributed by atoms with van der Waals surface area (Å²) in [5, 5.41) is 11.6. The smallest absolute Gasteiger partial charge is 0.326 e. The molecule has 22 heavy (non-hydrogen) atoms. The maximum Gasteiger partial charge on any atom is 0.326 e. The minimum Gasteiger partial charge on any atom is -0.480 e. The Balaban J connectivity index is 2.03. The number of carbonyl (C=O) groups is 2. The molecule has 1 aromatic carbocycles. The van der Waals surface area contributed by atoms with Crippen molar-refractivity contribution in [2.45, 2.75) is 32.4 Å². The van der Waals surface area contributed by atoms with Gasteiger partial charge in [-0.1, -0.05) is 38.1 Å². The van der Waals surface area contributed by atoms with E-state index in [-0.39, 0.29) is 12.0 Å². The fraction of sp³-hybridized carbons (Fsp3) is 0.412. The molecule has 2 rings (SSSR count). The number of carbonyl (C=O) groups excluding carboxylic acids is 1. The highest BCUT2D eigenvalue weighted by atomic mass is 16.5. The zero-order valence-corrected chi connectivity index (χ0v) is 12.8. The van der Waals surface area contributed by atoms with E-state index < -0.39 is 17.9 Å². The van der Waals surface area contributed by atoms with E-state index in [9.17, 15) is 9.59 Å². The zero-order valence-electron chi connectivity index (χ0n) is 12.8. The highest BCUT2D eigenvalue weighted by Crippen LogP contribution is 2.27. The van der Waals surface area contributed by atoms with Crippen LogP contribution in [0.1, 0.15) is 31.1 Å². The number of amides is 1. The fourth-order valence-corrected chi connectivity index (χ4v) is 2.47. The van der Waals surface area contributed by atoms with Crippen molar-refractivity contribution < 1.29 is 19.4 Å². The van der Waals surface area contributed by atoms with Gasteiger partial charge in [-0.2, -0.15) is 0 Å². The van der Waals surface area contributed by atoms with Crippen molar-refractivity contribution in [3.63, 3.8) is 0 Å². The number of carboxylic acids is 1. The number of hydrogen-bond acceptors (Lipinski definition) is 3. The van der Waals surface area contributed by atoms with Crippen LogP contribution in [0.25, 0.3) is 0 Å². The van der Waals surface area contributed by atoms with Crippen LogP contribution in [0.5, 0.6) is 0 Å². The molecule has 0 aromatic heterocycles. The van der Waals surface area contributed by atoms with Crippen molar-refractivity contribution in [2.24, 2.45) is 5.92 Å². The van der Waals surface area contributed by atoms with Gasteiger partial charge in [-0.25, -0.2) is 4.79 Å². The Morgan fingerprint density at radius 3 is 2.77 bits per heavy atom. The molecular weight excluding hydrogens is 282 g/mol. The average molecular weight is 303 g/mol. The molecule has 1 aliphatic heterocycles. The van der Waals surface area contributed by atoms with Gasteiger partial charge >= 0.3 is 5.97 Å². The summed E-state index contributed by atoms with van der Waals surface area (Å²) in [7, 11) is 0. The summed E-state index contributed by atoms with van der Waals surface area (Å²) in [6.45, 7) is 4.12. The van der Waals surface area contributed by atoms with E-state index in [1.54, 1.807) is 19.9 Å². The third kappa shape index (κ3) is 3.95. The number of nitrogens with one attached hydrogen (secondary N) is 1. The first kappa shape index (κ1) is 16.2. The standard InChI is InChI=1S/C17H21NO4/c1-11(2)16(17(20)21)18-15(19)8-7-14-13-6-4-3-5-12(13)9-10-22-14/h3-8,11,14,16H,9-10H2,1-2H3,(H,18,19)(H,20,21)/b8-7+/t14-,16?/m0/s1. The molecule has 0 spiro atoms. The Morgan fingerprint density at radius 2 is 2.09 bits per heavy atom. The molecule has 0 fully saturated rings. The van der Waals surface area contributed by atoms with Crippen LogP contribution in [0, 0.1) is 5.92 Å². The SMILES string of the molecule is CC(C)C(NC(=O)/C=C/[C@@H]1OCCc2ccccc21)C(=O)O. The van der Waals surface area contributed by atoms with Gasteiger partial charge in [0, 0.05) is 6.08 Å². The molecule has 1 aliphatic rings. The van der Waals surface area contributed by atoms with Crippen molar-refractivity contribution in [1.29, 1.82) is 0 Å². The van der Waals surface area contributed by atoms with E-state index in [4.69, 9.17) is 9.84 Å². The summed E-state index contributed by atoms with van der Waals surface area (Å²) < 4.78 is 5.67. The molecule has 1 heterocycles. The Bertz CT molecular complexity index is 580. The zero-order chi connectivity index (χ0) is 16.1. The number of aliphatic carboxylic acids is 1. The van der Waals surface area contributed by atoms with Crippen molar-refractivity contribution in [2.75, 3.05) is 6.61 Å². The van der Waals surface area contributed by atoms with Gasteiger partial charge in [0.05, 0.1) is 6.61 Å². The number of carboxylic acid groups (broad SMARTS) is 1. The predicted octanol–water partition coefficient (Wildman–Crippen LogP) is 2.08. The first-order chi connectivity index (χ1) is 10.5. The second-order valence-electron chi connectivity index (χ2n) is 5.67. The van der Waals surface area contributed by atoms with Gasteiger partial charge in [-0.15, -0.1) is 0 Å². The Morgan fingerprint density at radius 1 is 1.36 bits per heavy atom. The second kappa shape index (κ2) is 7.22. The monoisotopic (exact) mass is 303 g/mol. The van der Waals surface area contributed by atoms with Crippen molar-refractivity contribution in [3.05, 3.63) is 47.5 Å². The molecule has 5 heteroatoms. The number of hydrogen-bond donors (Lipinski definition) is 2. The predicted molar refractivity (Wildman–Crippen MR) is 82.4 cm³/mol. The largest absolute Gasteiger partial charge is 0.480 e. The molecule has 0 saturated carbocycles. The molecule has 1 unspecified atom stereocenters. The molecule has 5 nitrogen and oxygen atoms in total. The van der Waals surface area contributed by atoms with Crippen LogP contribution >= 0.6 is 0 Å². The highest BCUT2D eigenvalue weighted by Gasteiger charge is 2.23. The van der Waals surface area contributed by atoms with Gasteiger partial charge in [0.25, 0.3) is 0 Å². The lowest BCUT2D eigenvalue weighted by molar-refractivity contribution is -0.142. The normalized spacial score (nSPS) is 19.0. The molecule has 0 radical (unpaired) electrons. The average Bonchev–Trinajstić information content (AvgIpc) is 2.49. The summed E-state index contributed by atoms with van der Waals surface area (Å²) >= 11 is 0. The summed E-state index contributed by atoms with van der Waals surface area (Å²) in [6.07, 6.45) is 3.62. The van der Waals surface area contributed by atoms with Crippen LogP contribution in [-0.4, -0.2) is 29.6 Å². The van der Waals surface area contributed by atoms with Crippen LogP contribution in [0.3, 0.4) is 0 Å². The van der Waals surface area contributed by atoms with E-state index in [2.05, 4.69) is 11.4 Å².